The maximum Gasteiger partial charge on any atom is 0.357 e. The minimum Gasteiger partial charge on any atom is -0.497 e. The molecular formula is C33H24ClN7O9S2. The number of methoxy groups -OCH3 is 1. The van der Waals surface area contributed by atoms with E-state index in [9.17, 15) is 31.3 Å². The van der Waals surface area contributed by atoms with Crippen LogP contribution in [0.15, 0.2) is 88.6 Å². The van der Waals surface area contributed by atoms with Gasteiger partial charge in [0, 0.05) is 35.8 Å². The van der Waals surface area contributed by atoms with Crippen LogP contribution in [0.3, 0.4) is 0 Å². The molecule has 2 heterocycles. The number of ether oxygens (including phenoxy) is 1. The van der Waals surface area contributed by atoms with Crippen molar-refractivity contribution in [3.05, 3.63) is 106 Å². The van der Waals surface area contributed by atoms with Crippen LogP contribution in [-0.4, -0.2) is 54.1 Å². The molecule has 0 saturated heterocycles. The molecular weight excluding hydrogens is 738 g/mol. The maximum atomic E-state index is 14.0. The highest BCUT2D eigenvalue weighted by atomic mass is 35.5. The second kappa shape index (κ2) is 13.3. The lowest BCUT2D eigenvalue weighted by Gasteiger charge is -2.24. The quantitative estimate of drug-likeness (QED) is 0.0846. The van der Waals surface area contributed by atoms with Crippen molar-refractivity contribution in [3.63, 3.8) is 0 Å². The van der Waals surface area contributed by atoms with Gasteiger partial charge in [0.15, 0.2) is 11.5 Å². The molecule has 7 rings (SSSR count). The second-order valence-corrected chi connectivity index (χ2v) is 13.5. The Kier molecular flexibility index (Phi) is 8.85. The zero-order valence-electron chi connectivity index (χ0n) is 26.7. The van der Waals surface area contributed by atoms with Crippen LogP contribution < -0.4 is 30.4 Å². The van der Waals surface area contributed by atoms with Crippen molar-refractivity contribution in [3.8, 4) is 22.6 Å². The van der Waals surface area contributed by atoms with Gasteiger partial charge in [0.25, 0.3) is 15.7 Å². The van der Waals surface area contributed by atoms with Gasteiger partial charge in [0.1, 0.15) is 10.6 Å². The van der Waals surface area contributed by atoms with Crippen molar-refractivity contribution < 1.29 is 35.4 Å². The number of aryl methyl sites for hydroxylation is 1. The van der Waals surface area contributed by atoms with Crippen molar-refractivity contribution in [1.29, 1.82) is 0 Å². The fraction of sp³-hybridized carbons (Fsp3) is 0.0606. The van der Waals surface area contributed by atoms with Crippen molar-refractivity contribution in [2.75, 3.05) is 23.1 Å². The fourth-order valence-electron chi connectivity index (χ4n) is 5.83. The Hall–Kier alpha value is -5.92. The molecule has 16 nitrogen and oxygen atoms in total. The van der Waals surface area contributed by atoms with Gasteiger partial charge < -0.3 is 29.4 Å². The highest BCUT2D eigenvalue weighted by Gasteiger charge is 2.30. The molecule has 6 aromatic rings. The topological polar surface area (TPSA) is 224 Å². The van der Waals surface area contributed by atoms with Crippen molar-refractivity contribution in [2.45, 2.75) is 4.90 Å². The number of halogens is 1. The first kappa shape index (κ1) is 34.5. The van der Waals surface area contributed by atoms with E-state index in [-0.39, 0.29) is 62.6 Å². The van der Waals surface area contributed by atoms with Gasteiger partial charge in [0.2, 0.25) is 17.2 Å². The van der Waals surface area contributed by atoms with Crippen molar-refractivity contribution in [1.82, 2.24) is 19.5 Å². The smallest absolute Gasteiger partial charge is 0.357 e. The molecule has 0 amide bonds. The molecule has 19 heteroatoms. The highest BCUT2D eigenvalue weighted by molar-refractivity contribution is 7.86. The Labute approximate surface area is 301 Å². The van der Waals surface area contributed by atoms with Gasteiger partial charge in [0.05, 0.1) is 35.3 Å². The van der Waals surface area contributed by atoms with Gasteiger partial charge in [-0.1, -0.05) is 24.3 Å². The number of benzene rings is 4. The third-order valence-electron chi connectivity index (χ3n) is 8.09. The Balaban J connectivity index is 1.28. The summed E-state index contributed by atoms with van der Waals surface area (Å²) < 4.78 is 67.4. The molecule has 0 aliphatic heterocycles. The molecule has 5 N–H and O–H groups in total. The minimum absolute atomic E-state index is 0.0340. The predicted octanol–water partition coefficient (Wildman–Crippen LogP) is 5.59. The largest absolute Gasteiger partial charge is 0.497 e. The molecule has 1 aliphatic carbocycles. The Morgan fingerprint density at radius 2 is 1.56 bits per heavy atom. The molecule has 1 atom stereocenters. The summed E-state index contributed by atoms with van der Waals surface area (Å²) in [5.41, 5.74) is 2.38. The van der Waals surface area contributed by atoms with E-state index in [0.29, 0.717) is 33.3 Å². The zero-order chi connectivity index (χ0) is 36.9. The third-order valence-corrected chi connectivity index (χ3v) is 9.49. The summed E-state index contributed by atoms with van der Waals surface area (Å²) >= 11 is 3.55. The fourth-order valence-corrected chi connectivity index (χ4v) is 6.92. The van der Waals surface area contributed by atoms with Crippen LogP contribution in [0.5, 0.6) is 11.5 Å². The molecule has 52 heavy (non-hydrogen) atoms. The second-order valence-electron chi connectivity index (χ2n) is 11.2. The number of pyridine rings is 1. The predicted molar refractivity (Wildman–Crippen MR) is 193 cm³/mol. The van der Waals surface area contributed by atoms with E-state index in [4.69, 9.17) is 20.5 Å². The number of ketones is 1. The van der Waals surface area contributed by atoms with E-state index in [1.54, 1.807) is 43.4 Å². The van der Waals surface area contributed by atoms with E-state index >= 15 is 0 Å². The summed E-state index contributed by atoms with van der Waals surface area (Å²) in [7, 11) is -1.78. The number of aromatic nitrogens is 4. The van der Waals surface area contributed by atoms with Crippen molar-refractivity contribution >= 4 is 84.4 Å². The van der Waals surface area contributed by atoms with E-state index in [2.05, 4.69) is 30.9 Å². The first-order chi connectivity index (χ1) is 24.8. The number of fused-ring (bicyclic) bond motifs is 2. The van der Waals surface area contributed by atoms with Crippen LogP contribution in [0.2, 0.25) is 5.28 Å². The SMILES string of the molecule is COc1ccc(OS(=O)O)c(Nc2nc(Cl)nc(Nc3ccc(S(=O)(=O)O)c(Nc4ccc5c6c(cc(=O)n5C)-c5ccccc5C(=O)c46)c3)n2)c1. The lowest BCUT2D eigenvalue weighted by molar-refractivity contribution is 0.104. The van der Waals surface area contributed by atoms with Gasteiger partial charge in [-0.2, -0.15) is 27.6 Å². The van der Waals surface area contributed by atoms with E-state index in [1.807, 2.05) is 0 Å². The molecule has 0 radical (unpaired) electrons. The van der Waals surface area contributed by atoms with E-state index in [0.717, 1.165) is 6.07 Å². The maximum absolute atomic E-state index is 14.0. The molecule has 1 unspecified atom stereocenters. The summed E-state index contributed by atoms with van der Waals surface area (Å²) in [5, 5.41) is 8.98. The molecule has 0 spiro atoms. The van der Waals surface area contributed by atoms with E-state index in [1.165, 1.54) is 48.1 Å². The Morgan fingerprint density at radius 1 is 0.827 bits per heavy atom. The van der Waals surface area contributed by atoms with Gasteiger partial charge in [-0.15, -0.1) is 0 Å². The van der Waals surface area contributed by atoms with Gasteiger partial charge in [-0.3, -0.25) is 18.7 Å². The number of rotatable bonds is 10. The number of carbonyl (C=O) groups excluding carboxylic acids is 1. The van der Waals surface area contributed by atoms with Crippen LogP contribution in [0.25, 0.3) is 22.0 Å². The van der Waals surface area contributed by atoms with Gasteiger partial charge in [-0.25, -0.2) is 0 Å². The standard InChI is InChI=1S/C33H24ClN7O9S2/c1-41-24-10-9-21(29-28(24)20(15-27(41)42)18-5-3-4-6-19(18)30(29)43)36-23-13-16(7-12-26(23)52(46,47)48)35-32-38-31(34)39-33(40-32)37-22-14-17(49-2)8-11-25(22)50-51(44)45/h3-15,36H,1-2H3,(H,44,45)(H,46,47,48)(H2,35,37,38,39,40). The summed E-state index contributed by atoms with van der Waals surface area (Å²) in [6, 6.07) is 19.7. The number of nitrogens with one attached hydrogen (secondary N) is 3. The minimum atomic E-state index is -4.80. The summed E-state index contributed by atoms with van der Waals surface area (Å²) in [6.07, 6.45) is 0. The van der Waals surface area contributed by atoms with Crippen LogP contribution in [-0.2, 0) is 28.5 Å². The number of nitrogens with zero attached hydrogens (tertiary/aromatic N) is 4. The summed E-state index contributed by atoms with van der Waals surface area (Å²) in [6.45, 7) is 0. The first-order valence-corrected chi connectivity index (χ1v) is 17.8. The molecule has 0 bridgehead atoms. The highest BCUT2D eigenvalue weighted by Crippen LogP contribution is 2.43. The normalized spacial score (nSPS) is 12.6. The summed E-state index contributed by atoms with van der Waals surface area (Å²) in [5.74, 6) is -0.234. The number of hydrogen-bond acceptors (Lipinski definition) is 13. The lowest BCUT2D eigenvalue weighted by atomic mass is 9.83. The molecule has 2 aromatic heterocycles. The van der Waals surface area contributed by atoms with Gasteiger partial charge >= 0.3 is 11.4 Å². The average molecular weight is 762 g/mol. The Bertz CT molecular complexity index is 2670. The number of hydrogen-bond donors (Lipinski definition) is 5. The number of anilines is 6. The van der Waals surface area contributed by atoms with Crippen LogP contribution in [0.4, 0.5) is 34.6 Å². The third kappa shape index (κ3) is 6.51. The van der Waals surface area contributed by atoms with Crippen LogP contribution in [0, 0.1) is 0 Å². The van der Waals surface area contributed by atoms with Crippen LogP contribution >= 0.6 is 11.6 Å². The number of carbonyl (C=O) groups is 1. The van der Waals surface area contributed by atoms with E-state index < -0.39 is 26.4 Å². The lowest BCUT2D eigenvalue weighted by Crippen LogP contribution is -2.21. The molecule has 264 valence electrons. The first-order valence-electron chi connectivity index (χ1n) is 14.9. The molecule has 1 aliphatic rings. The zero-order valence-corrected chi connectivity index (χ0v) is 29.1. The molecule has 4 aromatic carbocycles. The summed E-state index contributed by atoms with van der Waals surface area (Å²) in [4.78, 5) is 38.8. The molecule has 0 fully saturated rings. The average Bonchev–Trinajstić information content (AvgIpc) is 3.09. The monoisotopic (exact) mass is 761 g/mol. The Morgan fingerprint density at radius 3 is 2.27 bits per heavy atom. The van der Waals surface area contributed by atoms with Crippen LogP contribution in [0.1, 0.15) is 15.9 Å². The van der Waals surface area contributed by atoms with Crippen molar-refractivity contribution in [2.24, 2.45) is 7.05 Å². The van der Waals surface area contributed by atoms with Gasteiger partial charge in [-0.05, 0) is 65.2 Å². The molecule has 0 saturated carbocycles.